The summed E-state index contributed by atoms with van der Waals surface area (Å²) in [7, 11) is 1.69. The minimum Gasteiger partial charge on any atom is -0.383 e. The van der Waals surface area contributed by atoms with Crippen LogP contribution in [0.4, 0.5) is 0 Å². The molecule has 1 rings (SSSR count). The highest BCUT2D eigenvalue weighted by Gasteiger charge is 2.07. The number of thioether (sulfide) groups is 1. The molecule has 1 N–H and O–H groups in total. The summed E-state index contributed by atoms with van der Waals surface area (Å²) >= 11 is 1.86. The number of hydrogen-bond acceptors (Lipinski definition) is 6. The first-order chi connectivity index (χ1) is 8.27. The Kier molecular flexibility index (Phi) is 7.14. The topological polar surface area (TPSA) is 64.9 Å². The summed E-state index contributed by atoms with van der Waals surface area (Å²) in [5.41, 5.74) is 0. The average molecular weight is 259 g/mol. The van der Waals surface area contributed by atoms with Gasteiger partial charge in [0.2, 0.25) is 0 Å². The van der Waals surface area contributed by atoms with Crippen LogP contribution < -0.4 is 5.32 Å². The second-order valence-electron chi connectivity index (χ2n) is 3.82. The highest BCUT2D eigenvalue weighted by molar-refractivity contribution is 7.99. The van der Waals surface area contributed by atoms with Gasteiger partial charge in [-0.15, -0.1) is 5.10 Å². The third-order valence-electron chi connectivity index (χ3n) is 2.52. The Balaban J connectivity index is 2.32. The van der Waals surface area contributed by atoms with Gasteiger partial charge in [-0.3, -0.25) is 0 Å². The Labute approximate surface area is 106 Å². The summed E-state index contributed by atoms with van der Waals surface area (Å²) in [6, 6.07) is 0. The van der Waals surface area contributed by atoms with Crippen molar-refractivity contribution in [2.45, 2.75) is 31.7 Å². The zero-order valence-electron chi connectivity index (χ0n) is 10.7. The van der Waals surface area contributed by atoms with Gasteiger partial charge < -0.3 is 10.1 Å². The monoisotopic (exact) mass is 259 g/mol. The molecule has 0 radical (unpaired) electrons. The zero-order valence-corrected chi connectivity index (χ0v) is 11.5. The molecule has 0 aliphatic rings. The molecule has 1 atom stereocenters. The molecule has 0 bridgehead atoms. The SMILES string of the molecule is COCCNCc1nnnn1CCC(C)SC. The molecule has 0 aliphatic carbocycles. The summed E-state index contributed by atoms with van der Waals surface area (Å²) < 4.78 is 6.83. The van der Waals surface area contributed by atoms with Crippen LogP contribution >= 0.6 is 11.8 Å². The first-order valence-electron chi connectivity index (χ1n) is 5.75. The van der Waals surface area contributed by atoms with Crippen molar-refractivity contribution < 1.29 is 4.74 Å². The van der Waals surface area contributed by atoms with Crippen molar-refractivity contribution in [2.75, 3.05) is 26.5 Å². The lowest BCUT2D eigenvalue weighted by atomic mass is 10.3. The van der Waals surface area contributed by atoms with E-state index >= 15 is 0 Å². The summed E-state index contributed by atoms with van der Waals surface area (Å²) in [4.78, 5) is 0. The van der Waals surface area contributed by atoms with Crippen LogP contribution in [-0.2, 0) is 17.8 Å². The first-order valence-corrected chi connectivity index (χ1v) is 7.04. The second-order valence-corrected chi connectivity index (χ2v) is 5.10. The fourth-order valence-electron chi connectivity index (χ4n) is 1.32. The predicted molar refractivity (Wildman–Crippen MR) is 69.0 cm³/mol. The highest BCUT2D eigenvalue weighted by Crippen LogP contribution is 2.10. The Bertz CT molecular complexity index is 307. The van der Waals surface area contributed by atoms with Crippen molar-refractivity contribution in [1.82, 2.24) is 25.5 Å². The van der Waals surface area contributed by atoms with E-state index in [2.05, 4.69) is 34.0 Å². The van der Waals surface area contributed by atoms with Crippen LogP contribution in [0, 0.1) is 0 Å². The number of rotatable bonds is 9. The molecule has 98 valence electrons. The van der Waals surface area contributed by atoms with Crippen LogP contribution in [0.5, 0.6) is 0 Å². The summed E-state index contributed by atoms with van der Waals surface area (Å²) in [6.07, 6.45) is 3.20. The normalized spacial score (nSPS) is 12.9. The molecule has 17 heavy (non-hydrogen) atoms. The molecule has 1 heterocycles. The van der Waals surface area contributed by atoms with Gasteiger partial charge in [-0.1, -0.05) is 6.92 Å². The molecule has 0 fully saturated rings. The fraction of sp³-hybridized carbons (Fsp3) is 0.900. The van der Waals surface area contributed by atoms with E-state index in [0.717, 1.165) is 25.3 Å². The molecule has 1 aromatic heterocycles. The van der Waals surface area contributed by atoms with Gasteiger partial charge in [0.05, 0.1) is 13.2 Å². The van der Waals surface area contributed by atoms with E-state index in [4.69, 9.17) is 4.74 Å². The van der Waals surface area contributed by atoms with Crippen LogP contribution in [0.15, 0.2) is 0 Å². The number of tetrazole rings is 1. The third kappa shape index (κ3) is 5.47. The summed E-state index contributed by atoms with van der Waals surface area (Å²) in [6.45, 7) is 5.28. The zero-order chi connectivity index (χ0) is 12.5. The molecule has 1 aromatic rings. The minimum atomic E-state index is 0.633. The number of nitrogens with one attached hydrogen (secondary N) is 1. The maximum absolute atomic E-state index is 4.96. The van der Waals surface area contributed by atoms with Gasteiger partial charge in [0.15, 0.2) is 5.82 Å². The number of hydrogen-bond donors (Lipinski definition) is 1. The maximum Gasteiger partial charge on any atom is 0.165 e. The van der Waals surface area contributed by atoms with Gasteiger partial charge >= 0.3 is 0 Å². The van der Waals surface area contributed by atoms with E-state index in [1.165, 1.54) is 0 Å². The summed E-state index contributed by atoms with van der Waals surface area (Å²) in [5.74, 6) is 0.884. The van der Waals surface area contributed by atoms with Gasteiger partial charge in [0.1, 0.15) is 0 Å². The van der Waals surface area contributed by atoms with Crippen molar-refractivity contribution in [1.29, 1.82) is 0 Å². The van der Waals surface area contributed by atoms with Crippen molar-refractivity contribution in [3.05, 3.63) is 5.82 Å². The number of aryl methyl sites for hydroxylation is 1. The molecule has 0 amide bonds. The van der Waals surface area contributed by atoms with E-state index in [1.54, 1.807) is 7.11 Å². The molecule has 7 heteroatoms. The Morgan fingerprint density at radius 2 is 2.35 bits per heavy atom. The van der Waals surface area contributed by atoms with E-state index in [-0.39, 0.29) is 0 Å². The van der Waals surface area contributed by atoms with Crippen molar-refractivity contribution in [3.8, 4) is 0 Å². The van der Waals surface area contributed by atoms with Gasteiger partial charge in [0.25, 0.3) is 0 Å². The van der Waals surface area contributed by atoms with Gasteiger partial charge in [-0.25, -0.2) is 4.68 Å². The molecule has 1 unspecified atom stereocenters. The van der Waals surface area contributed by atoms with Crippen LogP contribution in [0.3, 0.4) is 0 Å². The largest absolute Gasteiger partial charge is 0.383 e. The van der Waals surface area contributed by atoms with Gasteiger partial charge in [-0.05, 0) is 23.1 Å². The molecular formula is C10H21N5OS. The van der Waals surface area contributed by atoms with E-state index in [9.17, 15) is 0 Å². The number of ether oxygens (including phenoxy) is 1. The fourth-order valence-corrected chi connectivity index (χ4v) is 1.66. The van der Waals surface area contributed by atoms with E-state index < -0.39 is 0 Å². The van der Waals surface area contributed by atoms with Crippen molar-refractivity contribution in [3.63, 3.8) is 0 Å². The number of methoxy groups -OCH3 is 1. The first kappa shape index (κ1) is 14.4. The summed E-state index contributed by atoms with van der Waals surface area (Å²) in [5, 5.41) is 15.6. The third-order valence-corrected chi connectivity index (χ3v) is 3.56. The lowest BCUT2D eigenvalue weighted by Gasteiger charge is -2.09. The van der Waals surface area contributed by atoms with Crippen LogP contribution in [0.1, 0.15) is 19.2 Å². The quantitative estimate of drug-likeness (QED) is 0.653. The number of nitrogens with zero attached hydrogens (tertiary/aromatic N) is 4. The van der Waals surface area contributed by atoms with Crippen LogP contribution in [0.2, 0.25) is 0 Å². The molecule has 0 spiro atoms. The average Bonchev–Trinajstić information content (AvgIpc) is 2.79. The highest BCUT2D eigenvalue weighted by atomic mass is 32.2. The van der Waals surface area contributed by atoms with Crippen molar-refractivity contribution in [2.24, 2.45) is 0 Å². The molecule has 0 aromatic carbocycles. The lowest BCUT2D eigenvalue weighted by molar-refractivity contribution is 0.198. The number of aromatic nitrogens is 4. The smallest absolute Gasteiger partial charge is 0.165 e. The Morgan fingerprint density at radius 3 is 3.06 bits per heavy atom. The molecule has 0 saturated heterocycles. The standard InChI is InChI=1S/C10H21N5OS/c1-9(17-3)4-6-15-10(12-13-14-15)8-11-5-7-16-2/h9,11H,4-8H2,1-3H3. The lowest BCUT2D eigenvalue weighted by Crippen LogP contribution is -2.22. The molecule has 0 saturated carbocycles. The molecular weight excluding hydrogens is 238 g/mol. The van der Waals surface area contributed by atoms with E-state index in [1.807, 2.05) is 16.4 Å². The van der Waals surface area contributed by atoms with E-state index in [0.29, 0.717) is 18.4 Å². The Morgan fingerprint density at radius 1 is 1.53 bits per heavy atom. The minimum absolute atomic E-state index is 0.633. The van der Waals surface area contributed by atoms with Crippen LogP contribution in [-0.4, -0.2) is 52.0 Å². The van der Waals surface area contributed by atoms with Gasteiger partial charge in [-0.2, -0.15) is 11.8 Å². The predicted octanol–water partition coefficient (Wildman–Crippen LogP) is 0.551. The molecule has 6 nitrogen and oxygen atoms in total. The van der Waals surface area contributed by atoms with Crippen molar-refractivity contribution >= 4 is 11.8 Å². The van der Waals surface area contributed by atoms with Gasteiger partial charge in [0, 0.05) is 25.4 Å². The Hall–Kier alpha value is -0.660. The molecule has 0 aliphatic heterocycles. The maximum atomic E-state index is 4.96. The second kappa shape index (κ2) is 8.43. The van der Waals surface area contributed by atoms with Crippen LogP contribution in [0.25, 0.3) is 0 Å².